The van der Waals surface area contributed by atoms with Gasteiger partial charge in [-0.25, -0.2) is 4.68 Å². The maximum atomic E-state index is 11.3. The Bertz CT molecular complexity index is 749. The molecule has 1 aromatic carbocycles. The van der Waals surface area contributed by atoms with E-state index in [0.29, 0.717) is 35.2 Å². The van der Waals surface area contributed by atoms with Crippen LogP contribution in [-0.2, 0) is 11.3 Å². The summed E-state index contributed by atoms with van der Waals surface area (Å²) >= 11 is 12.2. The topological polar surface area (TPSA) is 71.2 Å². The first-order chi connectivity index (χ1) is 10.9. The molecule has 1 unspecified atom stereocenters. The van der Waals surface area contributed by atoms with Gasteiger partial charge in [-0.05, 0) is 32.0 Å². The highest BCUT2D eigenvalue weighted by Gasteiger charge is 2.40. The van der Waals surface area contributed by atoms with Crippen LogP contribution < -0.4 is 0 Å². The minimum atomic E-state index is -0.755. The van der Waals surface area contributed by atoms with Crippen molar-refractivity contribution in [1.29, 1.82) is 0 Å². The number of halogens is 2. The third-order valence-corrected chi connectivity index (χ3v) is 4.98. The molecule has 122 valence electrons. The van der Waals surface area contributed by atoms with E-state index < -0.39 is 11.4 Å². The lowest BCUT2D eigenvalue weighted by Crippen LogP contribution is -2.31. The van der Waals surface area contributed by atoms with Gasteiger partial charge in [0.05, 0.1) is 33.0 Å². The molecule has 0 radical (unpaired) electrons. The molecule has 0 bridgehead atoms. The van der Waals surface area contributed by atoms with Gasteiger partial charge in [0, 0.05) is 13.1 Å². The van der Waals surface area contributed by atoms with Crippen molar-refractivity contribution in [2.24, 2.45) is 5.41 Å². The number of benzene rings is 1. The second-order valence-corrected chi connectivity index (χ2v) is 6.84. The van der Waals surface area contributed by atoms with E-state index in [1.165, 1.54) is 0 Å². The molecule has 1 aromatic heterocycles. The molecule has 6 nitrogen and oxygen atoms in total. The largest absolute Gasteiger partial charge is 0.481 e. The Balaban J connectivity index is 1.74. The molecule has 2 aromatic rings. The number of nitrogens with zero attached hydrogens (tertiary/aromatic N) is 4. The summed E-state index contributed by atoms with van der Waals surface area (Å²) in [6, 6.07) is 5.32. The fraction of sp³-hybridized carbons (Fsp3) is 0.400. The van der Waals surface area contributed by atoms with Crippen LogP contribution in [0.1, 0.15) is 19.0 Å². The zero-order valence-corrected chi connectivity index (χ0v) is 14.0. The third kappa shape index (κ3) is 3.20. The normalized spacial score (nSPS) is 21.7. The van der Waals surface area contributed by atoms with Gasteiger partial charge in [-0.15, -0.1) is 5.10 Å². The molecule has 8 heteroatoms. The Morgan fingerprint density at radius 1 is 1.43 bits per heavy atom. The molecule has 23 heavy (non-hydrogen) atoms. The van der Waals surface area contributed by atoms with Crippen LogP contribution in [0.25, 0.3) is 5.69 Å². The van der Waals surface area contributed by atoms with E-state index in [4.69, 9.17) is 23.2 Å². The smallest absolute Gasteiger partial charge is 0.310 e. The Kier molecular flexibility index (Phi) is 4.31. The maximum absolute atomic E-state index is 11.3. The lowest BCUT2D eigenvalue weighted by Gasteiger charge is -2.19. The van der Waals surface area contributed by atoms with E-state index in [0.717, 1.165) is 12.2 Å². The number of hydrogen-bond acceptors (Lipinski definition) is 4. The van der Waals surface area contributed by atoms with Crippen molar-refractivity contribution in [2.45, 2.75) is 19.9 Å². The Hall–Kier alpha value is -1.63. The molecule has 0 amide bonds. The van der Waals surface area contributed by atoms with Gasteiger partial charge >= 0.3 is 5.97 Å². The van der Waals surface area contributed by atoms with E-state index in [1.807, 2.05) is 6.07 Å². The molecule has 0 saturated carbocycles. The lowest BCUT2D eigenvalue weighted by atomic mass is 9.90. The Morgan fingerprint density at radius 2 is 2.22 bits per heavy atom. The van der Waals surface area contributed by atoms with Gasteiger partial charge < -0.3 is 5.11 Å². The van der Waals surface area contributed by atoms with Gasteiger partial charge in [0.15, 0.2) is 0 Å². The highest BCUT2D eigenvalue weighted by molar-refractivity contribution is 6.43. The SMILES string of the molecule is CC1(C(=O)O)CCN(Cc2cn(-c3cccc(Cl)c3Cl)nn2)C1. The summed E-state index contributed by atoms with van der Waals surface area (Å²) in [6.45, 7) is 3.57. The summed E-state index contributed by atoms with van der Waals surface area (Å²) in [4.78, 5) is 13.4. The molecule has 2 heterocycles. The van der Waals surface area contributed by atoms with Crippen LogP contribution in [0.4, 0.5) is 0 Å². The molecule has 0 spiro atoms. The summed E-state index contributed by atoms with van der Waals surface area (Å²) in [5.41, 5.74) is 0.733. The minimum absolute atomic E-state index is 0.422. The van der Waals surface area contributed by atoms with Gasteiger partial charge in [-0.3, -0.25) is 9.69 Å². The van der Waals surface area contributed by atoms with E-state index in [1.54, 1.807) is 29.9 Å². The van der Waals surface area contributed by atoms with Crippen molar-refractivity contribution < 1.29 is 9.90 Å². The quantitative estimate of drug-likeness (QED) is 0.913. The van der Waals surface area contributed by atoms with Gasteiger partial charge in [0.1, 0.15) is 0 Å². The standard InChI is InChI=1S/C15H16Cl2N4O2/c1-15(14(22)23)5-6-20(9-15)7-10-8-21(19-18-10)12-4-2-3-11(16)13(12)17/h2-4,8H,5-7,9H2,1H3,(H,22,23). The fourth-order valence-electron chi connectivity index (χ4n) is 2.75. The summed E-state index contributed by atoms with van der Waals surface area (Å²) in [5.74, 6) is -0.755. The number of carboxylic acid groups (broad SMARTS) is 1. The van der Waals surface area contributed by atoms with Crippen molar-refractivity contribution in [1.82, 2.24) is 19.9 Å². The van der Waals surface area contributed by atoms with Crippen LogP contribution in [0.15, 0.2) is 24.4 Å². The van der Waals surface area contributed by atoms with Crippen molar-refractivity contribution >= 4 is 29.2 Å². The molecular weight excluding hydrogens is 339 g/mol. The van der Waals surface area contributed by atoms with Crippen molar-refractivity contribution in [2.75, 3.05) is 13.1 Å². The number of carboxylic acids is 1. The van der Waals surface area contributed by atoms with E-state index in [2.05, 4.69) is 15.2 Å². The Morgan fingerprint density at radius 3 is 2.91 bits per heavy atom. The number of likely N-dealkylation sites (tertiary alicyclic amines) is 1. The summed E-state index contributed by atoms with van der Waals surface area (Å²) in [5, 5.41) is 18.4. The van der Waals surface area contributed by atoms with Crippen LogP contribution in [0, 0.1) is 5.41 Å². The van der Waals surface area contributed by atoms with Crippen LogP contribution in [0.2, 0.25) is 10.0 Å². The van der Waals surface area contributed by atoms with Gasteiger partial charge in [-0.1, -0.05) is 34.5 Å². The summed E-state index contributed by atoms with van der Waals surface area (Å²) < 4.78 is 1.58. The number of aromatic nitrogens is 3. The lowest BCUT2D eigenvalue weighted by molar-refractivity contribution is -0.147. The first-order valence-electron chi connectivity index (χ1n) is 7.20. The fourth-order valence-corrected chi connectivity index (χ4v) is 3.14. The molecule has 1 atom stereocenters. The van der Waals surface area contributed by atoms with Gasteiger partial charge in [0.2, 0.25) is 0 Å². The average Bonchev–Trinajstić information content (AvgIpc) is 3.10. The molecule has 1 fully saturated rings. The highest BCUT2D eigenvalue weighted by atomic mass is 35.5. The van der Waals surface area contributed by atoms with E-state index in [-0.39, 0.29) is 0 Å². The van der Waals surface area contributed by atoms with Gasteiger partial charge in [0.25, 0.3) is 0 Å². The maximum Gasteiger partial charge on any atom is 0.310 e. The van der Waals surface area contributed by atoms with Crippen molar-refractivity contribution in [3.05, 3.63) is 40.1 Å². The number of carbonyl (C=O) groups is 1. The zero-order valence-electron chi connectivity index (χ0n) is 12.5. The number of hydrogen-bond donors (Lipinski definition) is 1. The summed E-state index contributed by atoms with van der Waals surface area (Å²) in [6.07, 6.45) is 2.42. The predicted molar refractivity (Wildman–Crippen MR) is 87.0 cm³/mol. The third-order valence-electron chi connectivity index (χ3n) is 4.17. The van der Waals surface area contributed by atoms with Crippen LogP contribution in [0.3, 0.4) is 0 Å². The molecule has 3 rings (SSSR count). The van der Waals surface area contributed by atoms with Crippen LogP contribution in [0.5, 0.6) is 0 Å². The second kappa shape index (κ2) is 6.11. The van der Waals surface area contributed by atoms with Crippen LogP contribution in [-0.4, -0.2) is 44.1 Å². The minimum Gasteiger partial charge on any atom is -0.481 e. The first-order valence-corrected chi connectivity index (χ1v) is 7.96. The first kappa shape index (κ1) is 16.2. The molecule has 1 saturated heterocycles. The van der Waals surface area contributed by atoms with Crippen molar-refractivity contribution in [3.8, 4) is 5.69 Å². The number of rotatable bonds is 4. The second-order valence-electron chi connectivity index (χ2n) is 6.05. The van der Waals surface area contributed by atoms with Gasteiger partial charge in [-0.2, -0.15) is 0 Å². The Labute approximate surface area is 143 Å². The average molecular weight is 355 g/mol. The molecular formula is C15H16Cl2N4O2. The predicted octanol–water partition coefficient (Wildman–Crippen LogP) is 2.87. The molecule has 0 aliphatic carbocycles. The molecule has 1 aliphatic rings. The van der Waals surface area contributed by atoms with Crippen molar-refractivity contribution in [3.63, 3.8) is 0 Å². The molecule has 1 aliphatic heterocycles. The molecule has 1 N–H and O–H groups in total. The van der Waals surface area contributed by atoms with Crippen LogP contribution >= 0.6 is 23.2 Å². The number of aliphatic carboxylic acids is 1. The van der Waals surface area contributed by atoms with E-state index in [9.17, 15) is 9.90 Å². The summed E-state index contributed by atoms with van der Waals surface area (Å²) in [7, 11) is 0. The monoisotopic (exact) mass is 354 g/mol. The zero-order chi connectivity index (χ0) is 16.6. The highest BCUT2D eigenvalue weighted by Crippen LogP contribution is 2.31. The van der Waals surface area contributed by atoms with E-state index >= 15 is 0 Å².